The minimum atomic E-state index is -0.672. The van der Waals surface area contributed by atoms with E-state index >= 15 is 0 Å². The molecule has 3 nitrogen and oxygen atoms in total. The molecule has 2 unspecified atom stereocenters. The summed E-state index contributed by atoms with van der Waals surface area (Å²) in [6, 6.07) is 17.8. The fourth-order valence-electron chi connectivity index (χ4n) is 2.29. The number of hydrogen-bond donors (Lipinski definition) is 1. The predicted molar refractivity (Wildman–Crippen MR) is 82.6 cm³/mol. The van der Waals surface area contributed by atoms with Gasteiger partial charge in [0, 0.05) is 0 Å². The third kappa shape index (κ3) is 3.92. The molecule has 2 aromatic carbocycles. The Morgan fingerprint density at radius 1 is 1.05 bits per heavy atom. The van der Waals surface area contributed by atoms with E-state index in [0.717, 1.165) is 16.7 Å². The van der Waals surface area contributed by atoms with Crippen molar-refractivity contribution in [3.8, 4) is 11.1 Å². The zero-order chi connectivity index (χ0) is 15.2. The molecule has 2 rings (SSSR count). The largest absolute Gasteiger partial charge is 0.469 e. The highest BCUT2D eigenvalue weighted by atomic mass is 16.5. The Bertz CT molecular complexity index is 575. The Balaban J connectivity index is 2.10. The fraction of sp³-hybridized carbons (Fsp3) is 0.278. The first kappa shape index (κ1) is 15.3. The smallest absolute Gasteiger partial charge is 0.305 e. The Hall–Kier alpha value is -2.13. The second-order valence-electron chi connectivity index (χ2n) is 5.19. The summed E-state index contributed by atoms with van der Waals surface area (Å²) < 4.78 is 4.63. The summed E-state index contributed by atoms with van der Waals surface area (Å²) in [6.45, 7) is 1.84. The number of hydrogen-bond acceptors (Lipinski definition) is 3. The van der Waals surface area contributed by atoms with E-state index in [2.05, 4.69) is 4.74 Å². The van der Waals surface area contributed by atoms with Crippen LogP contribution in [0.15, 0.2) is 54.6 Å². The minimum absolute atomic E-state index is 0.181. The molecule has 21 heavy (non-hydrogen) atoms. The Morgan fingerprint density at radius 3 is 2.19 bits per heavy atom. The van der Waals surface area contributed by atoms with Gasteiger partial charge < -0.3 is 9.84 Å². The van der Waals surface area contributed by atoms with E-state index in [9.17, 15) is 9.90 Å². The second-order valence-corrected chi connectivity index (χ2v) is 5.19. The lowest BCUT2D eigenvalue weighted by atomic mass is 9.93. The molecule has 1 N–H and O–H groups in total. The number of rotatable bonds is 5. The summed E-state index contributed by atoms with van der Waals surface area (Å²) in [4.78, 5) is 11.3. The van der Waals surface area contributed by atoms with Crippen molar-refractivity contribution in [2.75, 3.05) is 7.11 Å². The van der Waals surface area contributed by atoms with Crippen molar-refractivity contribution in [3.63, 3.8) is 0 Å². The van der Waals surface area contributed by atoms with Crippen LogP contribution in [-0.4, -0.2) is 18.2 Å². The summed E-state index contributed by atoms with van der Waals surface area (Å²) in [7, 11) is 1.36. The number of methoxy groups -OCH3 is 1. The third-order valence-corrected chi connectivity index (χ3v) is 3.61. The number of benzene rings is 2. The molecule has 0 bridgehead atoms. The highest BCUT2D eigenvalue weighted by molar-refractivity contribution is 5.69. The van der Waals surface area contributed by atoms with E-state index < -0.39 is 6.10 Å². The van der Waals surface area contributed by atoms with Gasteiger partial charge in [0.25, 0.3) is 0 Å². The van der Waals surface area contributed by atoms with Crippen LogP contribution in [0.5, 0.6) is 0 Å². The number of aliphatic hydroxyl groups excluding tert-OH is 1. The zero-order valence-electron chi connectivity index (χ0n) is 12.3. The lowest BCUT2D eigenvalue weighted by Gasteiger charge is -2.18. The van der Waals surface area contributed by atoms with Crippen LogP contribution in [0.25, 0.3) is 11.1 Å². The Labute approximate surface area is 125 Å². The molecule has 2 atom stereocenters. The van der Waals surface area contributed by atoms with Crippen molar-refractivity contribution in [2.24, 2.45) is 5.92 Å². The summed E-state index contributed by atoms with van der Waals surface area (Å²) in [5.41, 5.74) is 3.06. The van der Waals surface area contributed by atoms with Crippen LogP contribution in [0, 0.1) is 5.92 Å². The molecular weight excluding hydrogens is 264 g/mol. The summed E-state index contributed by atoms with van der Waals surface area (Å²) in [5.74, 6) is -0.484. The van der Waals surface area contributed by atoms with Crippen LogP contribution < -0.4 is 0 Å². The first-order valence-corrected chi connectivity index (χ1v) is 7.02. The molecule has 0 saturated heterocycles. The van der Waals surface area contributed by atoms with Gasteiger partial charge in [0.1, 0.15) is 0 Å². The van der Waals surface area contributed by atoms with E-state index in [1.165, 1.54) is 7.11 Å². The van der Waals surface area contributed by atoms with Gasteiger partial charge in [-0.2, -0.15) is 0 Å². The quantitative estimate of drug-likeness (QED) is 0.854. The standard InChI is InChI=1S/C18H20O3/c1-13(12-17(19)21-2)18(20)16-10-8-15(9-11-16)14-6-4-3-5-7-14/h3-11,13,18,20H,12H2,1-2H3. The maximum atomic E-state index is 11.3. The molecule has 110 valence electrons. The number of aliphatic hydroxyl groups is 1. The number of carbonyl (C=O) groups is 1. The average Bonchev–Trinajstić information content (AvgIpc) is 2.55. The Kier molecular flexibility index (Phi) is 5.12. The summed E-state index contributed by atoms with van der Waals surface area (Å²) >= 11 is 0. The van der Waals surface area contributed by atoms with E-state index in [0.29, 0.717) is 0 Å². The highest BCUT2D eigenvalue weighted by Crippen LogP contribution is 2.27. The lowest BCUT2D eigenvalue weighted by molar-refractivity contribution is -0.142. The summed E-state index contributed by atoms with van der Waals surface area (Å²) in [5, 5.41) is 10.3. The minimum Gasteiger partial charge on any atom is -0.469 e. The van der Waals surface area contributed by atoms with Crippen LogP contribution in [0.4, 0.5) is 0 Å². The molecule has 0 radical (unpaired) electrons. The van der Waals surface area contributed by atoms with E-state index in [1.807, 2.05) is 61.5 Å². The van der Waals surface area contributed by atoms with Crippen molar-refractivity contribution in [1.82, 2.24) is 0 Å². The number of carbonyl (C=O) groups excluding carboxylic acids is 1. The maximum Gasteiger partial charge on any atom is 0.305 e. The second kappa shape index (κ2) is 7.04. The molecule has 0 amide bonds. The number of ether oxygens (including phenoxy) is 1. The molecule has 0 spiro atoms. The van der Waals surface area contributed by atoms with Crippen LogP contribution in [-0.2, 0) is 9.53 Å². The van der Waals surface area contributed by atoms with Crippen molar-refractivity contribution >= 4 is 5.97 Å². The molecule has 0 heterocycles. The van der Waals surface area contributed by atoms with Gasteiger partial charge in [-0.25, -0.2) is 0 Å². The first-order chi connectivity index (χ1) is 10.1. The van der Waals surface area contributed by atoms with Gasteiger partial charge in [-0.1, -0.05) is 61.5 Å². The molecular formula is C18H20O3. The number of esters is 1. The molecule has 2 aromatic rings. The van der Waals surface area contributed by atoms with Crippen LogP contribution in [0.1, 0.15) is 25.0 Å². The van der Waals surface area contributed by atoms with Crippen molar-refractivity contribution in [1.29, 1.82) is 0 Å². The molecule has 0 aliphatic carbocycles. The van der Waals surface area contributed by atoms with Gasteiger partial charge >= 0.3 is 5.97 Å². The SMILES string of the molecule is COC(=O)CC(C)C(O)c1ccc(-c2ccccc2)cc1. The molecule has 0 fully saturated rings. The van der Waals surface area contributed by atoms with Crippen molar-refractivity contribution < 1.29 is 14.6 Å². The monoisotopic (exact) mass is 284 g/mol. The summed E-state index contributed by atoms with van der Waals surface area (Å²) in [6.07, 6.45) is -0.466. The van der Waals surface area contributed by atoms with Crippen LogP contribution in [0.3, 0.4) is 0 Å². The Morgan fingerprint density at radius 2 is 1.62 bits per heavy atom. The van der Waals surface area contributed by atoms with Crippen molar-refractivity contribution in [3.05, 3.63) is 60.2 Å². The van der Waals surface area contributed by atoms with E-state index in [1.54, 1.807) is 0 Å². The third-order valence-electron chi connectivity index (χ3n) is 3.61. The average molecular weight is 284 g/mol. The normalized spacial score (nSPS) is 13.5. The maximum absolute atomic E-state index is 11.3. The fourth-order valence-corrected chi connectivity index (χ4v) is 2.29. The van der Waals surface area contributed by atoms with Gasteiger partial charge in [-0.3, -0.25) is 4.79 Å². The van der Waals surface area contributed by atoms with Gasteiger partial charge in [-0.15, -0.1) is 0 Å². The molecule has 3 heteroatoms. The van der Waals surface area contributed by atoms with Gasteiger partial charge in [0.15, 0.2) is 0 Å². The molecule has 0 aliphatic heterocycles. The van der Waals surface area contributed by atoms with E-state index in [4.69, 9.17) is 0 Å². The first-order valence-electron chi connectivity index (χ1n) is 7.02. The zero-order valence-corrected chi connectivity index (χ0v) is 12.3. The highest BCUT2D eigenvalue weighted by Gasteiger charge is 2.19. The van der Waals surface area contributed by atoms with Crippen molar-refractivity contribution in [2.45, 2.75) is 19.4 Å². The van der Waals surface area contributed by atoms with Gasteiger partial charge in [0.05, 0.1) is 19.6 Å². The van der Waals surface area contributed by atoms with Gasteiger partial charge in [0.2, 0.25) is 0 Å². The van der Waals surface area contributed by atoms with Gasteiger partial charge in [-0.05, 0) is 22.6 Å². The van der Waals surface area contributed by atoms with Crippen LogP contribution >= 0.6 is 0 Å². The molecule has 0 aromatic heterocycles. The topological polar surface area (TPSA) is 46.5 Å². The lowest BCUT2D eigenvalue weighted by Crippen LogP contribution is -2.14. The molecule has 0 aliphatic rings. The van der Waals surface area contributed by atoms with E-state index in [-0.39, 0.29) is 18.3 Å². The predicted octanol–water partition coefficient (Wildman–Crippen LogP) is 3.59. The van der Waals surface area contributed by atoms with Crippen LogP contribution in [0.2, 0.25) is 0 Å². The molecule has 0 saturated carbocycles.